The molecule has 0 radical (unpaired) electrons. The van der Waals surface area contributed by atoms with Crippen molar-refractivity contribution in [2.24, 2.45) is 0 Å². The highest BCUT2D eigenvalue weighted by Gasteiger charge is 2.40. The van der Waals surface area contributed by atoms with Gasteiger partial charge in [0.05, 0.1) is 0 Å². The summed E-state index contributed by atoms with van der Waals surface area (Å²) in [6.07, 6.45) is 7.62. The first-order chi connectivity index (χ1) is 10.2. The van der Waals surface area contributed by atoms with Gasteiger partial charge in [0.1, 0.15) is 5.82 Å². The van der Waals surface area contributed by atoms with E-state index >= 15 is 0 Å². The van der Waals surface area contributed by atoms with Gasteiger partial charge in [-0.25, -0.2) is 4.39 Å². The third kappa shape index (κ3) is 3.46. The minimum absolute atomic E-state index is 0.141. The summed E-state index contributed by atoms with van der Waals surface area (Å²) in [5.74, 6) is -0.141. The van der Waals surface area contributed by atoms with Crippen molar-refractivity contribution in [3.63, 3.8) is 0 Å². The number of benzene rings is 1. The van der Waals surface area contributed by atoms with Gasteiger partial charge >= 0.3 is 0 Å². The van der Waals surface area contributed by atoms with Crippen LogP contribution in [0, 0.1) is 5.82 Å². The molecule has 2 aliphatic rings. The highest BCUT2D eigenvalue weighted by atomic mass is 19.1. The van der Waals surface area contributed by atoms with E-state index in [1.54, 1.807) is 12.1 Å². The molecule has 1 N–H and O–H groups in total. The molecule has 0 amide bonds. The number of hydrogen-bond acceptors (Lipinski definition) is 2. The molecule has 21 heavy (non-hydrogen) atoms. The van der Waals surface area contributed by atoms with Crippen LogP contribution < -0.4 is 5.32 Å². The van der Waals surface area contributed by atoms with Gasteiger partial charge < -0.3 is 5.32 Å². The number of halogens is 1. The average molecular weight is 290 g/mol. The Kier molecular flexibility index (Phi) is 4.60. The van der Waals surface area contributed by atoms with Gasteiger partial charge in [0, 0.05) is 31.2 Å². The second-order valence-corrected chi connectivity index (χ2v) is 6.78. The minimum Gasteiger partial charge on any atom is -0.308 e. The molecule has 1 unspecified atom stereocenters. The van der Waals surface area contributed by atoms with E-state index in [9.17, 15) is 4.39 Å². The maximum absolute atomic E-state index is 13.0. The summed E-state index contributed by atoms with van der Waals surface area (Å²) in [6.45, 7) is 5.68. The fourth-order valence-corrected chi connectivity index (χ4v) is 4.01. The van der Waals surface area contributed by atoms with Crippen LogP contribution in [0.25, 0.3) is 0 Å². The van der Waals surface area contributed by atoms with Crippen LogP contribution in [-0.2, 0) is 6.42 Å². The molecule has 1 atom stereocenters. The SMILES string of the molecule is CCC1CNC2(CCCC2)CN1CCc1ccc(F)cc1. The highest BCUT2D eigenvalue weighted by molar-refractivity contribution is 5.16. The van der Waals surface area contributed by atoms with E-state index in [2.05, 4.69) is 17.1 Å². The van der Waals surface area contributed by atoms with Crippen molar-refractivity contribution >= 4 is 0 Å². The van der Waals surface area contributed by atoms with E-state index in [1.807, 2.05) is 12.1 Å². The van der Waals surface area contributed by atoms with Crippen LogP contribution >= 0.6 is 0 Å². The summed E-state index contributed by atoms with van der Waals surface area (Å²) >= 11 is 0. The lowest BCUT2D eigenvalue weighted by Gasteiger charge is -2.46. The summed E-state index contributed by atoms with van der Waals surface area (Å²) < 4.78 is 13.0. The average Bonchev–Trinajstić information content (AvgIpc) is 2.95. The molecule has 1 aromatic rings. The number of rotatable bonds is 4. The van der Waals surface area contributed by atoms with Crippen molar-refractivity contribution in [2.75, 3.05) is 19.6 Å². The van der Waals surface area contributed by atoms with Gasteiger partial charge in [-0.2, -0.15) is 0 Å². The van der Waals surface area contributed by atoms with Crippen LogP contribution in [0.1, 0.15) is 44.6 Å². The number of nitrogens with one attached hydrogen (secondary N) is 1. The van der Waals surface area contributed by atoms with E-state index < -0.39 is 0 Å². The van der Waals surface area contributed by atoms with E-state index in [4.69, 9.17) is 0 Å². The van der Waals surface area contributed by atoms with Crippen molar-refractivity contribution in [1.29, 1.82) is 0 Å². The molecule has 1 aliphatic carbocycles. The summed E-state index contributed by atoms with van der Waals surface area (Å²) in [4.78, 5) is 2.67. The number of nitrogens with zero attached hydrogens (tertiary/aromatic N) is 1. The molecule has 2 fully saturated rings. The molecule has 116 valence electrons. The Bertz CT molecular complexity index is 451. The Balaban J connectivity index is 1.61. The standard InChI is InChI=1S/C18H27FN2/c1-2-17-13-20-18(10-3-4-11-18)14-21(17)12-9-15-5-7-16(19)8-6-15/h5-8,17,20H,2-4,9-14H2,1H3. The van der Waals surface area contributed by atoms with E-state index in [0.717, 1.165) is 19.5 Å². The van der Waals surface area contributed by atoms with Crippen LogP contribution in [0.3, 0.4) is 0 Å². The molecule has 1 heterocycles. The lowest BCUT2D eigenvalue weighted by atomic mass is 9.91. The number of hydrogen-bond donors (Lipinski definition) is 1. The van der Waals surface area contributed by atoms with Crippen molar-refractivity contribution in [2.45, 2.75) is 57.0 Å². The lowest BCUT2D eigenvalue weighted by Crippen LogP contribution is -2.63. The van der Waals surface area contributed by atoms with Crippen molar-refractivity contribution in [3.05, 3.63) is 35.6 Å². The predicted octanol–water partition coefficient (Wildman–Crippen LogP) is 3.36. The Morgan fingerprint density at radius 3 is 2.62 bits per heavy atom. The zero-order valence-corrected chi connectivity index (χ0v) is 13.1. The van der Waals surface area contributed by atoms with Crippen molar-refractivity contribution in [3.8, 4) is 0 Å². The monoisotopic (exact) mass is 290 g/mol. The molecule has 1 spiro atoms. The molecule has 1 aromatic carbocycles. The van der Waals surface area contributed by atoms with Gasteiger partial charge in [-0.05, 0) is 43.4 Å². The first-order valence-corrected chi connectivity index (χ1v) is 8.44. The van der Waals surface area contributed by atoms with Gasteiger partial charge in [0.25, 0.3) is 0 Å². The van der Waals surface area contributed by atoms with Gasteiger partial charge in [-0.1, -0.05) is 31.9 Å². The molecule has 3 rings (SSSR count). The van der Waals surface area contributed by atoms with Crippen LogP contribution in [0.2, 0.25) is 0 Å². The normalized spacial score (nSPS) is 25.5. The molecule has 1 aliphatic heterocycles. The zero-order chi connectivity index (χ0) is 14.7. The molecular formula is C18H27FN2. The second kappa shape index (κ2) is 6.45. The smallest absolute Gasteiger partial charge is 0.123 e. The van der Waals surface area contributed by atoms with Crippen molar-refractivity contribution < 1.29 is 4.39 Å². The fraction of sp³-hybridized carbons (Fsp3) is 0.667. The van der Waals surface area contributed by atoms with Crippen LogP contribution in [0.15, 0.2) is 24.3 Å². The summed E-state index contributed by atoms with van der Waals surface area (Å²) in [5.41, 5.74) is 1.62. The first-order valence-electron chi connectivity index (χ1n) is 8.44. The van der Waals surface area contributed by atoms with Gasteiger partial charge in [0.15, 0.2) is 0 Å². The molecule has 1 saturated heterocycles. The zero-order valence-electron chi connectivity index (χ0n) is 13.1. The maximum atomic E-state index is 13.0. The van der Waals surface area contributed by atoms with E-state index in [-0.39, 0.29) is 5.82 Å². The van der Waals surface area contributed by atoms with Crippen LogP contribution in [-0.4, -0.2) is 36.1 Å². The lowest BCUT2D eigenvalue weighted by molar-refractivity contribution is 0.0794. The van der Waals surface area contributed by atoms with Gasteiger partial charge in [0.2, 0.25) is 0 Å². The van der Waals surface area contributed by atoms with Crippen LogP contribution in [0.4, 0.5) is 4.39 Å². The Morgan fingerprint density at radius 2 is 1.95 bits per heavy atom. The minimum atomic E-state index is -0.141. The Labute approximate surface area is 127 Å². The Hall–Kier alpha value is -0.930. The second-order valence-electron chi connectivity index (χ2n) is 6.78. The Morgan fingerprint density at radius 1 is 1.24 bits per heavy atom. The maximum Gasteiger partial charge on any atom is 0.123 e. The summed E-state index contributed by atoms with van der Waals surface area (Å²) in [7, 11) is 0. The molecule has 0 bridgehead atoms. The third-order valence-electron chi connectivity index (χ3n) is 5.37. The molecule has 3 heteroatoms. The van der Waals surface area contributed by atoms with Gasteiger partial charge in [-0.15, -0.1) is 0 Å². The molecular weight excluding hydrogens is 263 g/mol. The highest BCUT2D eigenvalue weighted by Crippen LogP contribution is 2.33. The van der Waals surface area contributed by atoms with Crippen LogP contribution in [0.5, 0.6) is 0 Å². The molecule has 1 saturated carbocycles. The van der Waals surface area contributed by atoms with Crippen molar-refractivity contribution in [1.82, 2.24) is 10.2 Å². The van der Waals surface area contributed by atoms with Gasteiger partial charge in [-0.3, -0.25) is 4.90 Å². The quantitative estimate of drug-likeness (QED) is 0.914. The van der Waals surface area contributed by atoms with E-state index in [1.165, 1.54) is 44.2 Å². The first kappa shape index (κ1) is 15.0. The molecule has 0 aromatic heterocycles. The summed E-state index contributed by atoms with van der Waals surface area (Å²) in [5, 5.41) is 3.84. The fourth-order valence-electron chi connectivity index (χ4n) is 4.01. The summed E-state index contributed by atoms with van der Waals surface area (Å²) in [6, 6.07) is 7.64. The van der Waals surface area contributed by atoms with E-state index in [0.29, 0.717) is 11.6 Å². The number of piperazine rings is 1. The third-order valence-corrected chi connectivity index (χ3v) is 5.37. The largest absolute Gasteiger partial charge is 0.308 e. The predicted molar refractivity (Wildman–Crippen MR) is 85.0 cm³/mol. The molecule has 2 nitrogen and oxygen atoms in total. The topological polar surface area (TPSA) is 15.3 Å².